The number of aliphatic imine (C=N–C) groups is 1. The summed E-state index contributed by atoms with van der Waals surface area (Å²) >= 11 is 0. The molecule has 0 bridgehead atoms. The smallest absolute Gasteiger partial charge is 0.357 e. The number of likely N-dealkylation sites (tertiary alicyclic amines) is 1. The van der Waals surface area contributed by atoms with E-state index in [0.29, 0.717) is 24.6 Å². The van der Waals surface area contributed by atoms with Gasteiger partial charge in [0.2, 0.25) is 5.91 Å². The van der Waals surface area contributed by atoms with Gasteiger partial charge in [-0.1, -0.05) is 30.7 Å². The minimum atomic E-state index is -4.38. The van der Waals surface area contributed by atoms with E-state index >= 15 is 0 Å². The molecule has 1 aliphatic carbocycles. The van der Waals surface area contributed by atoms with Crippen LogP contribution in [0.25, 0.3) is 0 Å². The molecule has 0 aromatic heterocycles. The summed E-state index contributed by atoms with van der Waals surface area (Å²) in [5.41, 5.74) is -0.407. The van der Waals surface area contributed by atoms with Crippen LogP contribution in [0.15, 0.2) is 29.3 Å². The highest BCUT2D eigenvalue weighted by atomic mass is 19.4. The average Bonchev–Trinajstić information content (AvgIpc) is 3.43. The van der Waals surface area contributed by atoms with Crippen molar-refractivity contribution in [2.24, 2.45) is 10.9 Å². The molecule has 1 aromatic carbocycles. The van der Waals surface area contributed by atoms with Crippen LogP contribution < -0.4 is 10.6 Å². The molecular formula is C23H29F3N4O. The first kappa shape index (κ1) is 23.0. The van der Waals surface area contributed by atoms with Crippen LogP contribution >= 0.6 is 0 Å². The summed E-state index contributed by atoms with van der Waals surface area (Å²) in [5, 5.41) is 6.50. The third-order valence-corrected chi connectivity index (χ3v) is 5.63. The van der Waals surface area contributed by atoms with Gasteiger partial charge in [0.1, 0.15) is 6.54 Å². The molecule has 3 rings (SSSR count). The number of hydrogen-bond acceptors (Lipinski definition) is 2. The molecule has 8 heteroatoms. The van der Waals surface area contributed by atoms with Gasteiger partial charge in [0.05, 0.1) is 5.56 Å². The lowest BCUT2D eigenvalue weighted by Crippen LogP contribution is -2.45. The summed E-state index contributed by atoms with van der Waals surface area (Å²) in [5.74, 6) is 6.60. The summed E-state index contributed by atoms with van der Waals surface area (Å²) in [4.78, 5) is 19.0. The van der Waals surface area contributed by atoms with E-state index in [9.17, 15) is 18.0 Å². The van der Waals surface area contributed by atoms with Crippen molar-refractivity contribution < 1.29 is 18.0 Å². The molecule has 1 saturated heterocycles. The highest BCUT2D eigenvalue weighted by Gasteiger charge is 2.32. The van der Waals surface area contributed by atoms with Crippen molar-refractivity contribution in [2.45, 2.75) is 51.2 Å². The molecule has 1 unspecified atom stereocenters. The minimum Gasteiger partial charge on any atom is -0.357 e. The van der Waals surface area contributed by atoms with Gasteiger partial charge < -0.3 is 15.5 Å². The fraction of sp³-hybridized carbons (Fsp3) is 0.565. The Balaban J connectivity index is 1.54. The molecule has 0 spiro atoms. The van der Waals surface area contributed by atoms with Crippen LogP contribution in [-0.2, 0) is 11.0 Å². The Kier molecular flexibility index (Phi) is 7.83. The predicted molar refractivity (Wildman–Crippen MR) is 114 cm³/mol. The van der Waals surface area contributed by atoms with Gasteiger partial charge in [-0.3, -0.25) is 4.79 Å². The highest BCUT2D eigenvalue weighted by Crippen LogP contribution is 2.29. The zero-order valence-electron chi connectivity index (χ0n) is 17.8. The molecule has 2 aliphatic rings. The van der Waals surface area contributed by atoms with Crippen LogP contribution in [-0.4, -0.2) is 49.0 Å². The van der Waals surface area contributed by atoms with E-state index in [2.05, 4.69) is 27.5 Å². The Labute approximate surface area is 181 Å². The first-order chi connectivity index (χ1) is 14.9. The number of guanidine groups is 1. The summed E-state index contributed by atoms with van der Waals surface area (Å²) in [6, 6.07) is 5.08. The molecule has 1 amide bonds. The third kappa shape index (κ3) is 6.65. The maximum absolute atomic E-state index is 12.8. The lowest BCUT2D eigenvalue weighted by atomic mass is 10.1. The van der Waals surface area contributed by atoms with Crippen molar-refractivity contribution in [3.8, 4) is 11.8 Å². The van der Waals surface area contributed by atoms with Crippen LogP contribution in [0.2, 0.25) is 0 Å². The molecule has 1 saturated carbocycles. The van der Waals surface area contributed by atoms with Crippen LogP contribution in [0.3, 0.4) is 0 Å². The van der Waals surface area contributed by atoms with Gasteiger partial charge in [-0.2, -0.15) is 13.2 Å². The number of amides is 1. The Morgan fingerprint density at radius 3 is 2.74 bits per heavy atom. The Morgan fingerprint density at radius 2 is 2.03 bits per heavy atom. The summed E-state index contributed by atoms with van der Waals surface area (Å²) < 4.78 is 38.4. The molecule has 168 valence electrons. The first-order valence-corrected chi connectivity index (χ1v) is 10.9. The van der Waals surface area contributed by atoms with E-state index in [4.69, 9.17) is 0 Å². The third-order valence-electron chi connectivity index (χ3n) is 5.63. The van der Waals surface area contributed by atoms with Crippen molar-refractivity contribution in [1.82, 2.24) is 15.5 Å². The Hall–Kier alpha value is -2.69. The molecule has 1 heterocycles. The van der Waals surface area contributed by atoms with Crippen LogP contribution in [0.4, 0.5) is 13.2 Å². The van der Waals surface area contributed by atoms with Crippen molar-refractivity contribution in [3.05, 3.63) is 35.4 Å². The van der Waals surface area contributed by atoms with E-state index in [-0.39, 0.29) is 24.4 Å². The average molecular weight is 435 g/mol. The monoisotopic (exact) mass is 434 g/mol. The minimum absolute atomic E-state index is 0.125. The van der Waals surface area contributed by atoms with Crippen molar-refractivity contribution in [3.63, 3.8) is 0 Å². The fourth-order valence-corrected chi connectivity index (χ4v) is 4.06. The Bertz CT molecular complexity index is 850. The zero-order valence-corrected chi connectivity index (χ0v) is 17.8. The molecule has 1 aromatic rings. The van der Waals surface area contributed by atoms with Gasteiger partial charge in [-0.05, 0) is 44.4 Å². The number of benzene rings is 1. The number of carbonyl (C=O) groups excluding carboxylic acids is 1. The van der Waals surface area contributed by atoms with Crippen molar-refractivity contribution in [2.75, 3.05) is 26.2 Å². The van der Waals surface area contributed by atoms with Gasteiger partial charge in [0, 0.05) is 37.2 Å². The number of nitrogens with zero attached hydrogens (tertiary/aromatic N) is 2. The van der Waals surface area contributed by atoms with Gasteiger partial charge in [0.25, 0.3) is 0 Å². The van der Waals surface area contributed by atoms with E-state index in [1.165, 1.54) is 6.07 Å². The van der Waals surface area contributed by atoms with Gasteiger partial charge >= 0.3 is 6.18 Å². The second kappa shape index (κ2) is 10.6. The van der Waals surface area contributed by atoms with Crippen molar-refractivity contribution in [1.29, 1.82) is 0 Å². The molecular weight excluding hydrogens is 405 g/mol. The number of halogens is 3. The standard InChI is InChI=1S/C23H29F3N4O/c1-2-27-22(28-13-6-8-17-7-5-11-19(15-17)23(24,25)26)29-20-12-14-30(16-20)21(31)18-9-3-4-10-18/h5,7,11,15,18,20H,2-4,9-10,12-14,16H2,1H3,(H2,27,28,29). The second-order valence-electron chi connectivity index (χ2n) is 7.97. The van der Waals surface area contributed by atoms with E-state index in [1.807, 2.05) is 11.8 Å². The second-order valence-corrected chi connectivity index (χ2v) is 7.97. The van der Waals surface area contributed by atoms with Gasteiger partial charge in [-0.15, -0.1) is 0 Å². The summed E-state index contributed by atoms with van der Waals surface area (Å²) in [7, 11) is 0. The quantitative estimate of drug-likeness (QED) is 0.434. The number of nitrogens with one attached hydrogen (secondary N) is 2. The lowest BCUT2D eigenvalue weighted by Gasteiger charge is -2.21. The lowest BCUT2D eigenvalue weighted by molar-refractivity contribution is -0.137. The summed E-state index contributed by atoms with van der Waals surface area (Å²) in [6.45, 7) is 4.20. The van der Waals surface area contributed by atoms with Crippen molar-refractivity contribution >= 4 is 11.9 Å². The van der Waals surface area contributed by atoms with E-state index in [1.54, 1.807) is 6.07 Å². The topological polar surface area (TPSA) is 56.7 Å². The molecule has 0 radical (unpaired) electrons. The van der Waals surface area contributed by atoms with Gasteiger partial charge in [0.15, 0.2) is 5.96 Å². The number of alkyl halides is 3. The normalized spacial score (nSPS) is 19.8. The highest BCUT2D eigenvalue weighted by molar-refractivity contribution is 5.81. The number of hydrogen-bond donors (Lipinski definition) is 2. The maximum atomic E-state index is 12.8. The largest absolute Gasteiger partial charge is 0.416 e. The molecule has 2 fully saturated rings. The van der Waals surface area contributed by atoms with E-state index < -0.39 is 11.7 Å². The fourth-order valence-electron chi connectivity index (χ4n) is 4.06. The van der Waals surface area contributed by atoms with Crippen LogP contribution in [0.1, 0.15) is 50.2 Å². The number of rotatable bonds is 4. The zero-order chi connectivity index (χ0) is 22.3. The van der Waals surface area contributed by atoms with Crippen LogP contribution in [0, 0.1) is 17.8 Å². The number of carbonyl (C=O) groups is 1. The van der Waals surface area contributed by atoms with Crippen LogP contribution in [0.5, 0.6) is 0 Å². The molecule has 1 atom stereocenters. The SMILES string of the molecule is CCNC(=NCC#Cc1cccc(C(F)(F)F)c1)NC1CCN(C(=O)C2CCCC2)C1. The van der Waals surface area contributed by atoms with E-state index in [0.717, 1.165) is 50.8 Å². The predicted octanol–water partition coefficient (Wildman–Crippen LogP) is 3.40. The maximum Gasteiger partial charge on any atom is 0.416 e. The molecule has 2 N–H and O–H groups in total. The Morgan fingerprint density at radius 1 is 1.26 bits per heavy atom. The molecule has 31 heavy (non-hydrogen) atoms. The first-order valence-electron chi connectivity index (χ1n) is 10.9. The van der Waals surface area contributed by atoms with Gasteiger partial charge in [-0.25, -0.2) is 4.99 Å². The molecule has 5 nitrogen and oxygen atoms in total. The molecule has 1 aliphatic heterocycles. The summed E-state index contributed by atoms with van der Waals surface area (Å²) in [6.07, 6.45) is 0.768.